The predicted octanol–water partition coefficient (Wildman–Crippen LogP) is 7.14. The Balaban J connectivity index is 0.000000360. The Morgan fingerprint density at radius 2 is 1.03 bits per heavy atom. The minimum atomic E-state index is -0.502. The van der Waals surface area contributed by atoms with Crippen molar-refractivity contribution in [2.75, 3.05) is 22.1 Å². The average Bonchev–Trinajstić information content (AvgIpc) is 2.70. The van der Waals surface area contributed by atoms with E-state index >= 15 is 0 Å². The van der Waals surface area contributed by atoms with Gasteiger partial charge < -0.3 is 20.9 Å². The van der Waals surface area contributed by atoms with Gasteiger partial charge in [0.25, 0.3) is 0 Å². The predicted molar refractivity (Wildman–Crippen MR) is 149 cm³/mol. The zero-order valence-corrected chi connectivity index (χ0v) is 23.1. The average molecular weight is 501 g/mol. The molecular weight excluding hydrogens is 456 g/mol. The summed E-state index contributed by atoms with van der Waals surface area (Å²) in [6.45, 7) is 15.2. The van der Waals surface area contributed by atoms with Crippen LogP contribution in [0.2, 0.25) is 0 Å². The number of hydrogen-bond donors (Lipinski definition) is 4. The summed E-state index contributed by atoms with van der Waals surface area (Å²) in [5.41, 5.74) is 15.7. The maximum absolute atomic E-state index is 11.6. The number of ether oxygens (including phenoxy) is 2. The molecule has 0 fully saturated rings. The van der Waals surface area contributed by atoms with Gasteiger partial charge in [-0.25, -0.2) is 9.59 Å². The van der Waals surface area contributed by atoms with Gasteiger partial charge in [-0.1, -0.05) is 38.8 Å². The van der Waals surface area contributed by atoms with E-state index in [0.717, 1.165) is 36.8 Å². The van der Waals surface area contributed by atoms with E-state index in [1.165, 1.54) is 0 Å². The van der Waals surface area contributed by atoms with Crippen molar-refractivity contribution in [3.63, 3.8) is 0 Å². The fourth-order valence-electron chi connectivity index (χ4n) is 3.18. The van der Waals surface area contributed by atoms with Crippen LogP contribution < -0.4 is 22.1 Å². The maximum Gasteiger partial charge on any atom is 0.412 e. The first kappa shape index (κ1) is 30.6. The molecule has 2 amide bonds. The largest absolute Gasteiger partial charge is 0.444 e. The molecule has 0 saturated carbocycles. The Morgan fingerprint density at radius 3 is 1.28 bits per heavy atom. The molecule has 36 heavy (non-hydrogen) atoms. The molecule has 0 spiro atoms. The van der Waals surface area contributed by atoms with Crippen LogP contribution in [0.25, 0.3) is 0 Å². The second-order valence-corrected chi connectivity index (χ2v) is 10.6. The van der Waals surface area contributed by atoms with Crippen LogP contribution in [0.1, 0.15) is 79.4 Å². The number of nitrogen functional groups attached to an aromatic ring is 2. The lowest BCUT2D eigenvalue weighted by Gasteiger charge is -2.20. The van der Waals surface area contributed by atoms with E-state index in [1.807, 2.05) is 65.8 Å². The molecule has 0 saturated heterocycles. The Morgan fingerprint density at radius 1 is 0.694 bits per heavy atom. The Hall–Kier alpha value is -3.42. The molecule has 0 aromatic heterocycles. The molecule has 2 aromatic carbocycles. The van der Waals surface area contributed by atoms with Crippen molar-refractivity contribution in [1.29, 1.82) is 0 Å². The Kier molecular flexibility index (Phi) is 11.6. The summed E-state index contributed by atoms with van der Waals surface area (Å²) in [6.07, 6.45) is 3.04. The molecule has 0 unspecified atom stereocenters. The van der Waals surface area contributed by atoms with Crippen LogP contribution in [-0.4, -0.2) is 23.4 Å². The maximum atomic E-state index is 11.6. The van der Waals surface area contributed by atoms with Crippen molar-refractivity contribution in [2.24, 2.45) is 0 Å². The summed E-state index contributed by atoms with van der Waals surface area (Å²) in [6, 6.07) is 11.1. The SMILES string of the molecule is CCCc1ccc(NC(=O)OC(C)(C)C)cc1N.CCCc1ccc(NC(=O)OC(C)(C)C)cc1N. The van der Waals surface area contributed by atoms with Crippen LogP contribution in [0.15, 0.2) is 36.4 Å². The molecule has 200 valence electrons. The van der Waals surface area contributed by atoms with Crippen LogP contribution in [-0.2, 0) is 22.3 Å². The van der Waals surface area contributed by atoms with Crippen molar-refractivity contribution in [1.82, 2.24) is 0 Å². The van der Waals surface area contributed by atoms with Gasteiger partial charge in [0.1, 0.15) is 11.2 Å². The molecule has 0 aliphatic heterocycles. The lowest BCUT2D eigenvalue weighted by atomic mass is 10.1. The first-order valence-corrected chi connectivity index (χ1v) is 12.4. The molecule has 8 heteroatoms. The van der Waals surface area contributed by atoms with Crippen molar-refractivity contribution in [3.8, 4) is 0 Å². The van der Waals surface area contributed by atoms with E-state index in [9.17, 15) is 9.59 Å². The standard InChI is InChI=1S/2C14H22N2O2/c2*1-5-6-10-7-8-11(9-12(10)15)16-13(17)18-14(2,3)4/h2*7-9H,5-6,15H2,1-4H3,(H,16,17). The fraction of sp³-hybridized carbons (Fsp3) is 0.500. The van der Waals surface area contributed by atoms with Crippen LogP contribution in [0.5, 0.6) is 0 Å². The number of nitrogens with two attached hydrogens (primary N) is 2. The van der Waals surface area contributed by atoms with Crippen molar-refractivity contribution in [3.05, 3.63) is 47.5 Å². The molecule has 0 radical (unpaired) electrons. The molecule has 8 nitrogen and oxygen atoms in total. The first-order valence-electron chi connectivity index (χ1n) is 12.4. The van der Waals surface area contributed by atoms with E-state index in [4.69, 9.17) is 20.9 Å². The third-order valence-corrected chi connectivity index (χ3v) is 4.62. The van der Waals surface area contributed by atoms with E-state index in [-0.39, 0.29) is 0 Å². The van der Waals surface area contributed by atoms with Gasteiger partial charge in [-0.3, -0.25) is 10.6 Å². The minimum absolute atomic E-state index is 0.467. The van der Waals surface area contributed by atoms with Crippen LogP contribution in [0.4, 0.5) is 32.3 Å². The van der Waals surface area contributed by atoms with Gasteiger partial charge in [0.2, 0.25) is 0 Å². The number of hydrogen-bond acceptors (Lipinski definition) is 6. The van der Waals surface area contributed by atoms with Crippen molar-refractivity contribution < 1.29 is 19.1 Å². The van der Waals surface area contributed by atoms with Gasteiger partial charge in [-0.05, 0) is 89.8 Å². The molecule has 2 rings (SSSR count). The van der Waals surface area contributed by atoms with E-state index in [1.54, 1.807) is 12.1 Å². The summed E-state index contributed by atoms with van der Waals surface area (Å²) < 4.78 is 10.3. The molecule has 0 heterocycles. The quantitative estimate of drug-likeness (QED) is 0.312. The van der Waals surface area contributed by atoms with Gasteiger partial charge in [0.15, 0.2) is 0 Å². The lowest BCUT2D eigenvalue weighted by molar-refractivity contribution is 0.0624. The molecular formula is C28H44N4O4. The van der Waals surface area contributed by atoms with Crippen molar-refractivity contribution in [2.45, 2.75) is 92.3 Å². The van der Waals surface area contributed by atoms with E-state index in [2.05, 4.69) is 24.5 Å². The topological polar surface area (TPSA) is 129 Å². The molecule has 0 aliphatic rings. The highest BCUT2D eigenvalue weighted by molar-refractivity contribution is 5.86. The monoisotopic (exact) mass is 500 g/mol. The number of aryl methyl sites for hydroxylation is 2. The van der Waals surface area contributed by atoms with Gasteiger partial charge in [-0.2, -0.15) is 0 Å². The van der Waals surface area contributed by atoms with Crippen LogP contribution in [0.3, 0.4) is 0 Å². The number of benzene rings is 2. The second-order valence-electron chi connectivity index (χ2n) is 10.6. The lowest BCUT2D eigenvalue weighted by Crippen LogP contribution is -2.27. The fourth-order valence-corrected chi connectivity index (χ4v) is 3.18. The number of anilines is 4. The van der Waals surface area contributed by atoms with Gasteiger partial charge >= 0.3 is 12.2 Å². The summed E-state index contributed by atoms with van der Waals surface area (Å²) in [7, 11) is 0. The van der Waals surface area contributed by atoms with E-state index < -0.39 is 23.4 Å². The Bertz CT molecular complexity index is 926. The number of rotatable bonds is 6. The van der Waals surface area contributed by atoms with Crippen LogP contribution in [0, 0.1) is 0 Å². The molecule has 6 N–H and O–H groups in total. The normalized spacial score (nSPS) is 11.1. The van der Waals surface area contributed by atoms with Gasteiger partial charge in [0.05, 0.1) is 0 Å². The summed E-state index contributed by atoms with van der Waals surface area (Å²) in [5, 5.41) is 5.33. The molecule has 0 aliphatic carbocycles. The smallest absolute Gasteiger partial charge is 0.412 e. The zero-order chi connectivity index (χ0) is 27.5. The Labute approximate surface area is 216 Å². The zero-order valence-electron chi connectivity index (χ0n) is 23.1. The third-order valence-electron chi connectivity index (χ3n) is 4.62. The third kappa shape index (κ3) is 12.3. The van der Waals surface area contributed by atoms with Crippen molar-refractivity contribution >= 4 is 34.9 Å². The summed E-state index contributed by atoms with van der Waals surface area (Å²) in [4.78, 5) is 23.2. The minimum Gasteiger partial charge on any atom is -0.444 e. The summed E-state index contributed by atoms with van der Waals surface area (Å²) >= 11 is 0. The molecule has 0 atom stereocenters. The second kappa shape index (κ2) is 13.6. The first-order chi connectivity index (χ1) is 16.6. The number of nitrogens with one attached hydrogen (secondary N) is 2. The summed E-state index contributed by atoms with van der Waals surface area (Å²) in [5.74, 6) is 0. The molecule has 0 bridgehead atoms. The number of amides is 2. The number of carbonyl (C=O) groups excluding carboxylic acids is 2. The highest BCUT2D eigenvalue weighted by Crippen LogP contribution is 2.21. The van der Waals surface area contributed by atoms with E-state index in [0.29, 0.717) is 22.7 Å². The van der Waals surface area contributed by atoms with Crippen LogP contribution >= 0.6 is 0 Å². The highest BCUT2D eigenvalue weighted by atomic mass is 16.6. The molecule has 2 aromatic rings. The highest BCUT2D eigenvalue weighted by Gasteiger charge is 2.17. The van der Waals surface area contributed by atoms with Gasteiger partial charge in [-0.15, -0.1) is 0 Å². The number of carbonyl (C=O) groups is 2. The van der Waals surface area contributed by atoms with Gasteiger partial charge in [0, 0.05) is 22.7 Å².